The van der Waals surface area contributed by atoms with Crippen LogP contribution in [0.2, 0.25) is 11.1 Å². The first kappa shape index (κ1) is 19.6. The third-order valence-electron chi connectivity index (χ3n) is 4.58. The summed E-state index contributed by atoms with van der Waals surface area (Å²) in [6.07, 6.45) is 0. The monoisotopic (exact) mass is 374 g/mol. The lowest BCUT2D eigenvalue weighted by atomic mass is 10.0. The standard InChI is InChI=1S/C18H19F5OSi/c1-9(2)25(24,10(3)4)12-7-5-6-11(8-12)13-14(19)16(21)18(23)17(22)15(13)20/h5-10,24H,1-4H3. The smallest absolute Gasteiger partial charge is 0.225 e. The van der Waals surface area contributed by atoms with Gasteiger partial charge in [0.15, 0.2) is 23.3 Å². The van der Waals surface area contributed by atoms with Crippen molar-refractivity contribution >= 4 is 13.5 Å². The molecule has 2 rings (SSSR count). The predicted octanol–water partition coefficient (Wildman–Crippen LogP) is 5.01. The molecule has 25 heavy (non-hydrogen) atoms. The highest BCUT2D eigenvalue weighted by Crippen LogP contribution is 2.33. The molecule has 0 aliphatic rings. The van der Waals surface area contributed by atoms with Crippen LogP contribution >= 0.6 is 0 Å². The van der Waals surface area contributed by atoms with E-state index in [2.05, 4.69) is 0 Å². The van der Waals surface area contributed by atoms with E-state index >= 15 is 0 Å². The van der Waals surface area contributed by atoms with Crippen molar-refractivity contribution in [2.45, 2.75) is 38.8 Å². The Labute approximate surface area is 144 Å². The van der Waals surface area contributed by atoms with Gasteiger partial charge in [-0.3, -0.25) is 0 Å². The molecule has 0 aliphatic heterocycles. The van der Waals surface area contributed by atoms with Gasteiger partial charge in [-0.05, 0) is 21.8 Å². The van der Waals surface area contributed by atoms with Crippen LogP contribution in [0.25, 0.3) is 11.1 Å². The normalized spacial score (nSPS) is 12.3. The maximum Gasteiger partial charge on any atom is 0.225 e. The molecule has 0 saturated carbocycles. The van der Waals surface area contributed by atoms with Gasteiger partial charge >= 0.3 is 0 Å². The Morgan fingerprint density at radius 3 is 1.64 bits per heavy atom. The van der Waals surface area contributed by atoms with Crippen LogP contribution in [0, 0.1) is 29.1 Å². The summed E-state index contributed by atoms with van der Waals surface area (Å²) in [6, 6.07) is 5.66. The molecule has 0 saturated heterocycles. The molecule has 0 bridgehead atoms. The first-order chi connectivity index (χ1) is 11.5. The highest BCUT2D eigenvalue weighted by atomic mass is 28.4. The summed E-state index contributed by atoms with van der Waals surface area (Å²) in [5.41, 5.74) is -1.34. The van der Waals surface area contributed by atoms with E-state index in [0.29, 0.717) is 5.19 Å². The topological polar surface area (TPSA) is 20.2 Å². The highest BCUT2D eigenvalue weighted by molar-refractivity contribution is 6.87. The Morgan fingerprint density at radius 2 is 1.20 bits per heavy atom. The van der Waals surface area contributed by atoms with E-state index in [-0.39, 0.29) is 16.6 Å². The maximum absolute atomic E-state index is 14.1. The second kappa shape index (κ2) is 6.88. The van der Waals surface area contributed by atoms with Crippen molar-refractivity contribution in [1.29, 1.82) is 0 Å². The number of benzene rings is 2. The molecule has 7 heteroatoms. The Bertz CT molecular complexity index is 767. The molecule has 0 aromatic heterocycles. The van der Waals surface area contributed by atoms with E-state index in [4.69, 9.17) is 0 Å². The first-order valence-corrected chi connectivity index (χ1v) is 9.98. The van der Waals surface area contributed by atoms with Crippen molar-refractivity contribution in [3.05, 3.63) is 53.4 Å². The van der Waals surface area contributed by atoms with Crippen molar-refractivity contribution in [3.63, 3.8) is 0 Å². The van der Waals surface area contributed by atoms with Gasteiger partial charge in [-0.2, -0.15) is 0 Å². The molecule has 0 spiro atoms. The lowest BCUT2D eigenvalue weighted by Gasteiger charge is -2.34. The van der Waals surface area contributed by atoms with Gasteiger partial charge in [0, 0.05) is 0 Å². The summed E-state index contributed by atoms with van der Waals surface area (Å²) in [6.45, 7) is 7.38. The van der Waals surface area contributed by atoms with Crippen molar-refractivity contribution in [2.75, 3.05) is 0 Å². The van der Waals surface area contributed by atoms with E-state index in [0.717, 1.165) is 0 Å². The average Bonchev–Trinajstić information content (AvgIpc) is 2.57. The van der Waals surface area contributed by atoms with Crippen LogP contribution < -0.4 is 5.19 Å². The number of hydrogen-bond donors (Lipinski definition) is 1. The molecule has 1 N–H and O–H groups in total. The lowest BCUT2D eigenvalue weighted by Crippen LogP contribution is -2.53. The van der Waals surface area contributed by atoms with Crippen LogP contribution in [0.15, 0.2) is 24.3 Å². The minimum absolute atomic E-state index is 0.0980. The summed E-state index contributed by atoms with van der Waals surface area (Å²) >= 11 is 0. The molecular weight excluding hydrogens is 355 g/mol. The van der Waals surface area contributed by atoms with Crippen LogP contribution in [0.3, 0.4) is 0 Å². The third-order valence-corrected chi connectivity index (χ3v) is 9.34. The zero-order valence-corrected chi connectivity index (χ0v) is 15.3. The third kappa shape index (κ3) is 3.11. The SMILES string of the molecule is CC(C)[Si](O)(c1cccc(-c2c(F)c(F)c(F)c(F)c2F)c1)C(C)C. The predicted molar refractivity (Wildman–Crippen MR) is 89.5 cm³/mol. The molecule has 0 heterocycles. The fourth-order valence-electron chi connectivity index (χ4n) is 3.12. The average molecular weight is 374 g/mol. The molecule has 0 fully saturated rings. The number of rotatable bonds is 4. The summed E-state index contributed by atoms with van der Waals surface area (Å²) in [5.74, 6) is -9.93. The van der Waals surface area contributed by atoms with Crippen LogP contribution in [-0.2, 0) is 0 Å². The molecular formula is C18H19F5OSi. The van der Waals surface area contributed by atoms with E-state index < -0.39 is 43.0 Å². The fourth-order valence-corrected chi connectivity index (χ4v) is 6.53. The van der Waals surface area contributed by atoms with Gasteiger partial charge < -0.3 is 4.80 Å². The maximum atomic E-state index is 14.1. The Hall–Kier alpha value is -1.73. The van der Waals surface area contributed by atoms with Gasteiger partial charge in [0.25, 0.3) is 0 Å². The Kier molecular flexibility index (Phi) is 5.39. The van der Waals surface area contributed by atoms with Gasteiger partial charge in [0.2, 0.25) is 14.1 Å². The summed E-state index contributed by atoms with van der Waals surface area (Å²) in [4.78, 5) is 11.1. The summed E-state index contributed by atoms with van der Waals surface area (Å²) < 4.78 is 68.3. The molecule has 2 aromatic rings. The molecule has 1 nitrogen and oxygen atoms in total. The van der Waals surface area contributed by atoms with Crippen LogP contribution in [0.1, 0.15) is 27.7 Å². The fraction of sp³-hybridized carbons (Fsp3) is 0.333. The molecule has 2 aromatic carbocycles. The largest absolute Gasteiger partial charge is 0.427 e. The van der Waals surface area contributed by atoms with Crippen LogP contribution in [0.5, 0.6) is 0 Å². The van der Waals surface area contributed by atoms with Gasteiger partial charge in [0.05, 0.1) is 5.56 Å². The molecule has 0 radical (unpaired) electrons. The summed E-state index contributed by atoms with van der Waals surface area (Å²) in [5, 5.41) is 0.485. The van der Waals surface area contributed by atoms with Gasteiger partial charge in [-0.1, -0.05) is 52.0 Å². The quantitative estimate of drug-likeness (QED) is 0.345. The summed E-state index contributed by atoms with van der Waals surface area (Å²) in [7, 11) is -3.02. The minimum atomic E-state index is -3.02. The Morgan fingerprint density at radius 1 is 0.760 bits per heavy atom. The molecule has 0 unspecified atom stereocenters. The second-order valence-electron chi connectivity index (χ2n) is 6.66. The zero-order valence-electron chi connectivity index (χ0n) is 14.3. The van der Waals surface area contributed by atoms with E-state index in [1.54, 1.807) is 6.07 Å². The van der Waals surface area contributed by atoms with Crippen molar-refractivity contribution < 1.29 is 26.7 Å². The van der Waals surface area contributed by atoms with Crippen molar-refractivity contribution in [2.24, 2.45) is 0 Å². The van der Waals surface area contributed by atoms with Crippen molar-refractivity contribution in [1.82, 2.24) is 0 Å². The van der Waals surface area contributed by atoms with Gasteiger partial charge in [0.1, 0.15) is 0 Å². The zero-order chi connectivity index (χ0) is 19.1. The second-order valence-corrected chi connectivity index (χ2v) is 11.2. The molecule has 0 aliphatic carbocycles. The van der Waals surface area contributed by atoms with Gasteiger partial charge in [-0.25, -0.2) is 22.0 Å². The van der Waals surface area contributed by atoms with Crippen molar-refractivity contribution in [3.8, 4) is 11.1 Å². The van der Waals surface area contributed by atoms with E-state index in [9.17, 15) is 26.7 Å². The number of hydrogen-bond acceptors (Lipinski definition) is 1. The highest BCUT2D eigenvalue weighted by Gasteiger charge is 2.41. The van der Waals surface area contributed by atoms with Crippen LogP contribution in [-0.4, -0.2) is 13.1 Å². The molecule has 0 amide bonds. The molecule has 136 valence electrons. The van der Waals surface area contributed by atoms with E-state index in [1.165, 1.54) is 18.2 Å². The van der Waals surface area contributed by atoms with E-state index in [1.807, 2.05) is 27.7 Å². The Balaban J connectivity index is 2.73. The lowest BCUT2D eigenvalue weighted by molar-refractivity contribution is 0.381. The van der Waals surface area contributed by atoms with Crippen LogP contribution in [0.4, 0.5) is 22.0 Å². The molecule has 0 atom stereocenters. The van der Waals surface area contributed by atoms with Gasteiger partial charge in [-0.15, -0.1) is 0 Å². The number of halogens is 5. The first-order valence-electron chi connectivity index (χ1n) is 7.88. The minimum Gasteiger partial charge on any atom is -0.427 e.